The summed E-state index contributed by atoms with van der Waals surface area (Å²) in [6, 6.07) is 4.24. The molecule has 0 aliphatic heterocycles. The lowest BCUT2D eigenvalue weighted by atomic mass is 10.1. The molecular weight excluding hydrogens is 251 g/mol. The number of halogens is 3. The Bertz CT molecular complexity index is 404. The van der Waals surface area contributed by atoms with Gasteiger partial charge in [0.2, 0.25) is 0 Å². The lowest BCUT2D eigenvalue weighted by Gasteiger charge is -2.11. The highest BCUT2D eigenvalue weighted by Gasteiger charge is 2.31. The maximum Gasteiger partial charge on any atom is 0.573 e. The van der Waals surface area contributed by atoms with E-state index in [1.165, 1.54) is 12.1 Å². The first-order valence-corrected chi connectivity index (χ1v) is 5.48. The van der Waals surface area contributed by atoms with E-state index in [9.17, 15) is 13.2 Å². The van der Waals surface area contributed by atoms with Crippen molar-refractivity contribution in [2.75, 3.05) is 11.5 Å². The molecule has 0 bridgehead atoms. The van der Waals surface area contributed by atoms with Crippen molar-refractivity contribution in [3.63, 3.8) is 0 Å². The van der Waals surface area contributed by atoms with E-state index in [0.717, 1.165) is 6.42 Å². The van der Waals surface area contributed by atoms with Crippen LogP contribution >= 0.6 is 12.6 Å². The molecule has 0 radical (unpaired) electrons. The molecule has 0 aromatic heterocycles. The van der Waals surface area contributed by atoms with E-state index < -0.39 is 6.36 Å². The standard InChI is InChI=1S/C11H12F3NOS/c12-11(13,14)16-10-7-8(3-1-2-6-17)4-5-9(10)15/h1,3-5,7,17H,2,6,15H2. The summed E-state index contributed by atoms with van der Waals surface area (Å²) in [4.78, 5) is 0. The van der Waals surface area contributed by atoms with Crippen LogP contribution in [0.15, 0.2) is 24.3 Å². The molecule has 1 aromatic carbocycles. The van der Waals surface area contributed by atoms with E-state index in [4.69, 9.17) is 5.73 Å². The smallest absolute Gasteiger partial charge is 0.404 e. The summed E-state index contributed by atoms with van der Waals surface area (Å²) in [5.74, 6) is 0.294. The van der Waals surface area contributed by atoms with Gasteiger partial charge in [-0.25, -0.2) is 0 Å². The number of anilines is 1. The fourth-order valence-electron chi connectivity index (χ4n) is 1.16. The number of ether oxygens (including phenoxy) is 1. The summed E-state index contributed by atoms with van der Waals surface area (Å²) in [6.07, 6.45) is -0.487. The predicted octanol–water partition coefficient (Wildman–Crippen LogP) is 3.50. The zero-order valence-electron chi connectivity index (χ0n) is 8.87. The number of hydrogen-bond donors (Lipinski definition) is 2. The normalized spacial score (nSPS) is 12.0. The second kappa shape index (κ2) is 5.86. The van der Waals surface area contributed by atoms with Crippen molar-refractivity contribution in [2.24, 2.45) is 0 Å². The molecule has 1 aromatic rings. The molecule has 0 saturated carbocycles. The number of rotatable bonds is 4. The van der Waals surface area contributed by atoms with Crippen LogP contribution in [0.25, 0.3) is 6.08 Å². The van der Waals surface area contributed by atoms with Crippen molar-refractivity contribution in [3.8, 4) is 5.75 Å². The molecule has 0 heterocycles. The average molecular weight is 263 g/mol. The topological polar surface area (TPSA) is 35.2 Å². The zero-order chi connectivity index (χ0) is 12.9. The van der Waals surface area contributed by atoms with Crippen LogP contribution in [0.5, 0.6) is 5.75 Å². The summed E-state index contributed by atoms with van der Waals surface area (Å²) < 4.78 is 40.0. The largest absolute Gasteiger partial charge is 0.573 e. The van der Waals surface area contributed by atoms with Gasteiger partial charge in [-0.2, -0.15) is 12.6 Å². The highest BCUT2D eigenvalue weighted by Crippen LogP contribution is 2.29. The number of nitrogens with two attached hydrogens (primary N) is 1. The van der Waals surface area contributed by atoms with Crippen LogP contribution in [0.3, 0.4) is 0 Å². The number of benzene rings is 1. The molecule has 0 spiro atoms. The Morgan fingerprint density at radius 2 is 2.06 bits per heavy atom. The summed E-state index contributed by atoms with van der Waals surface area (Å²) in [6.45, 7) is 0. The van der Waals surface area contributed by atoms with E-state index in [1.54, 1.807) is 12.1 Å². The minimum absolute atomic E-state index is 0.0475. The van der Waals surface area contributed by atoms with Gasteiger partial charge in [-0.05, 0) is 29.9 Å². The second-order valence-electron chi connectivity index (χ2n) is 3.26. The molecule has 94 valence electrons. The monoisotopic (exact) mass is 263 g/mol. The maximum absolute atomic E-state index is 12.1. The van der Waals surface area contributed by atoms with Crippen LogP contribution in [0.4, 0.5) is 18.9 Å². The molecule has 0 unspecified atom stereocenters. The van der Waals surface area contributed by atoms with E-state index in [0.29, 0.717) is 11.3 Å². The average Bonchev–Trinajstić information content (AvgIpc) is 2.21. The van der Waals surface area contributed by atoms with Crippen molar-refractivity contribution in [1.82, 2.24) is 0 Å². The molecule has 0 amide bonds. The summed E-state index contributed by atoms with van der Waals surface area (Å²) in [5, 5.41) is 0. The van der Waals surface area contributed by atoms with Gasteiger partial charge in [0, 0.05) is 0 Å². The van der Waals surface area contributed by atoms with Gasteiger partial charge in [0.25, 0.3) is 0 Å². The number of nitrogen functional groups attached to an aromatic ring is 1. The summed E-state index contributed by atoms with van der Waals surface area (Å²) >= 11 is 4.02. The van der Waals surface area contributed by atoms with Crippen LogP contribution in [-0.2, 0) is 0 Å². The minimum Gasteiger partial charge on any atom is -0.404 e. The third kappa shape index (κ3) is 5.04. The lowest BCUT2D eigenvalue weighted by Crippen LogP contribution is -2.18. The SMILES string of the molecule is Nc1ccc(C=CCCS)cc1OC(F)(F)F. The third-order valence-electron chi connectivity index (χ3n) is 1.87. The molecular formula is C11H12F3NOS. The Hall–Kier alpha value is -1.30. The van der Waals surface area contributed by atoms with E-state index >= 15 is 0 Å². The van der Waals surface area contributed by atoms with Crippen molar-refractivity contribution < 1.29 is 17.9 Å². The van der Waals surface area contributed by atoms with Gasteiger partial charge in [-0.15, -0.1) is 13.2 Å². The van der Waals surface area contributed by atoms with Crippen molar-refractivity contribution in [2.45, 2.75) is 12.8 Å². The van der Waals surface area contributed by atoms with Crippen molar-refractivity contribution in [1.29, 1.82) is 0 Å². The molecule has 1 rings (SSSR count). The van der Waals surface area contributed by atoms with Crippen LogP contribution in [0.2, 0.25) is 0 Å². The van der Waals surface area contributed by atoms with Gasteiger partial charge < -0.3 is 10.5 Å². The zero-order valence-corrected chi connectivity index (χ0v) is 9.76. The van der Waals surface area contributed by atoms with Gasteiger partial charge in [0.05, 0.1) is 5.69 Å². The fourth-order valence-corrected chi connectivity index (χ4v) is 1.31. The second-order valence-corrected chi connectivity index (χ2v) is 3.71. The van der Waals surface area contributed by atoms with E-state index in [2.05, 4.69) is 17.4 Å². The van der Waals surface area contributed by atoms with Gasteiger partial charge >= 0.3 is 6.36 Å². The molecule has 0 aliphatic carbocycles. The Balaban J connectivity index is 2.87. The maximum atomic E-state index is 12.1. The fraction of sp³-hybridized carbons (Fsp3) is 0.273. The van der Waals surface area contributed by atoms with Crippen LogP contribution in [-0.4, -0.2) is 12.1 Å². The molecule has 0 atom stereocenters. The van der Waals surface area contributed by atoms with E-state index in [-0.39, 0.29) is 11.4 Å². The predicted molar refractivity (Wildman–Crippen MR) is 65.0 cm³/mol. The number of alkyl halides is 3. The Labute approximate surface area is 103 Å². The lowest BCUT2D eigenvalue weighted by molar-refractivity contribution is -0.274. The summed E-state index contributed by atoms with van der Waals surface area (Å²) in [5.41, 5.74) is 5.94. The van der Waals surface area contributed by atoms with Crippen molar-refractivity contribution >= 4 is 24.4 Å². The molecule has 0 fully saturated rings. The highest BCUT2D eigenvalue weighted by molar-refractivity contribution is 7.80. The van der Waals surface area contributed by atoms with Crippen LogP contribution in [0.1, 0.15) is 12.0 Å². The molecule has 17 heavy (non-hydrogen) atoms. The van der Waals surface area contributed by atoms with Crippen molar-refractivity contribution in [3.05, 3.63) is 29.8 Å². The summed E-state index contributed by atoms with van der Waals surface area (Å²) in [7, 11) is 0. The first kappa shape index (κ1) is 13.8. The van der Waals surface area contributed by atoms with Crippen LogP contribution in [0, 0.1) is 0 Å². The molecule has 2 N–H and O–H groups in total. The van der Waals surface area contributed by atoms with Crippen LogP contribution < -0.4 is 10.5 Å². The third-order valence-corrected chi connectivity index (χ3v) is 2.13. The van der Waals surface area contributed by atoms with Gasteiger partial charge in [-0.3, -0.25) is 0 Å². The first-order chi connectivity index (χ1) is 7.92. The van der Waals surface area contributed by atoms with Gasteiger partial charge in [0.15, 0.2) is 5.75 Å². The highest BCUT2D eigenvalue weighted by atomic mass is 32.1. The van der Waals surface area contributed by atoms with Gasteiger partial charge in [-0.1, -0.05) is 18.2 Å². The Kier molecular flexibility index (Phi) is 4.74. The molecule has 6 heteroatoms. The van der Waals surface area contributed by atoms with E-state index in [1.807, 2.05) is 6.08 Å². The Morgan fingerprint density at radius 3 is 2.65 bits per heavy atom. The Morgan fingerprint density at radius 1 is 1.35 bits per heavy atom. The quantitative estimate of drug-likeness (QED) is 0.644. The molecule has 2 nitrogen and oxygen atoms in total. The molecule has 0 saturated heterocycles. The minimum atomic E-state index is -4.73. The number of hydrogen-bond acceptors (Lipinski definition) is 3. The van der Waals surface area contributed by atoms with Gasteiger partial charge in [0.1, 0.15) is 0 Å². The molecule has 0 aliphatic rings. The number of thiol groups is 1. The number of allylic oxidation sites excluding steroid dienone is 1. The first-order valence-electron chi connectivity index (χ1n) is 4.85.